The molecule has 10 nitrogen and oxygen atoms in total. The van der Waals surface area contributed by atoms with Gasteiger partial charge in [-0.3, -0.25) is 14.4 Å². The van der Waals surface area contributed by atoms with E-state index in [1.54, 1.807) is 13.8 Å². The number of aliphatic hydroxyl groups is 1. The molecule has 0 bridgehead atoms. The van der Waals surface area contributed by atoms with Crippen LogP contribution >= 0.6 is 0 Å². The fourth-order valence-corrected chi connectivity index (χ4v) is 1.53. The molecule has 0 heterocycles. The second kappa shape index (κ2) is 10.5. The maximum Gasteiger partial charge on any atom is 0.326 e. The largest absolute Gasteiger partial charge is 0.480 e. The zero-order valence-electron chi connectivity index (χ0n) is 13.2. The molecule has 0 aromatic rings. The number of aliphatic carboxylic acids is 1. The summed E-state index contributed by atoms with van der Waals surface area (Å²) in [5, 5.41) is 24.4. The van der Waals surface area contributed by atoms with Gasteiger partial charge in [0.15, 0.2) is 0 Å². The molecule has 0 aliphatic heterocycles. The van der Waals surface area contributed by atoms with Gasteiger partial charge < -0.3 is 31.9 Å². The van der Waals surface area contributed by atoms with Crippen molar-refractivity contribution in [3.05, 3.63) is 0 Å². The summed E-state index contributed by atoms with van der Waals surface area (Å²) in [4.78, 5) is 45.4. The standard InChI is InChI=1S/C13H24N4O6/c1-3-7(2)11(13(22)23)17-10(20)5-15-9(19)4-16-12(21)8(14)6-18/h7-8,11,18H,3-6,14H2,1-2H3,(H,15,19)(H,16,21)(H,17,20)(H,22,23). The maximum atomic E-state index is 11.6. The number of amides is 3. The van der Waals surface area contributed by atoms with Crippen LogP contribution < -0.4 is 21.7 Å². The molecule has 10 heteroatoms. The van der Waals surface area contributed by atoms with Crippen molar-refractivity contribution in [1.82, 2.24) is 16.0 Å². The van der Waals surface area contributed by atoms with Gasteiger partial charge in [0.1, 0.15) is 12.1 Å². The molecule has 0 aliphatic carbocycles. The smallest absolute Gasteiger partial charge is 0.326 e. The summed E-state index contributed by atoms with van der Waals surface area (Å²) in [6, 6.07) is -2.16. The number of nitrogens with two attached hydrogens (primary N) is 1. The van der Waals surface area contributed by atoms with Crippen LogP contribution in [0.3, 0.4) is 0 Å². The number of carbonyl (C=O) groups excluding carboxylic acids is 3. The van der Waals surface area contributed by atoms with Crippen molar-refractivity contribution in [1.29, 1.82) is 0 Å². The molecule has 7 N–H and O–H groups in total. The molecule has 0 aromatic heterocycles. The van der Waals surface area contributed by atoms with Crippen molar-refractivity contribution in [3.8, 4) is 0 Å². The molecule has 132 valence electrons. The first-order valence-corrected chi connectivity index (χ1v) is 7.15. The van der Waals surface area contributed by atoms with Gasteiger partial charge >= 0.3 is 5.97 Å². The van der Waals surface area contributed by atoms with Gasteiger partial charge in [-0.1, -0.05) is 20.3 Å². The molecule has 3 unspecified atom stereocenters. The number of hydrogen-bond acceptors (Lipinski definition) is 6. The van der Waals surface area contributed by atoms with Crippen LogP contribution in [0.15, 0.2) is 0 Å². The fraction of sp³-hybridized carbons (Fsp3) is 0.692. The zero-order valence-corrected chi connectivity index (χ0v) is 13.2. The first kappa shape index (κ1) is 20.8. The molecule has 3 atom stereocenters. The lowest BCUT2D eigenvalue weighted by molar-refractivity contribution is -0.143. The Balaban J connectivity index is 4.20. The Morgan fingerprint density at radius 1 is 1.09 bits per heavy atom. The van der Waals surface area contributed by atoms with E-state index < -0.39 is 55.5 Å². The average Bonchev–Trinajstić information content (AvgIpc) is 2.53. The highest BCUT2D eigenvalue weighted by Crippen LogP contribution is 2.07. The van der Waals surface area contributed by atoms with Crippen molar-refractivity contribution >= 4 is 23.7 Å². The minimum Gasteiger partial charge on any atom is -0.480 e. The third-order valence-corrected chi connectivity index (χ3v) is 3.20. The second-order valence-corrected chi connectivity index (χ2v) is 5.05. The number of carbonyl (C=O) groups is 4. The molecule has 0 fully saturated rings. The van der Waals surface area contributed by atoms with Gasteiger partial charge in [0, 0.05) is 0 Å². The van der Waals surface area contributed by atoms with Gasteiger partial charge in [0.25, 0.3) is 0 Å². The topological polar surface area (TPSA) is 171 Å². The quantitative estimate of drug-likeness (QED) is 0.250. The SMILES string of the molecule is CCC(C)C(NC(=O)CNC(=O)CNC(=O)C(N)CO)C(=O)O. The highest BCUT2D eigenvalue weighted by atomic mass is 16.4. The zero-order chi connectivity index (χ0) is 18.0. The summed E-state index contributed by atoms with van der Waals surface area (Å²) in [5.74, 6) is -3.40. The van der Waals surface area contributed by atoms with E-state index in [4.69, 9.17) is 15.9 Å². The van der Waals surface area contributed by atoms with Gasteiger partial charge in [-0.2, -0.15) is 0 Å². The summed E-state index contributed by atoms with van der Waals surface area (Å²) in [5.41, 5.74) is 5.24. The Kier molecular flexibility index (Phi) is 9.51. The van der Waals surface area contributed by atoms with Crippen molar-refractivity contribution in [2.45, 2.75) is 32.4 Å². The van der Waals surface area contributed by atoms with Gasteiger partial charge in [-0.25, -0.2) is 4.79 Å². The fourth-order valence-electron chi connectivity index (χ4n) is 1.53. The molecule has 0 saturated heterocycles. The molecule has 0 radical (unpaired) electrons. The minimum absolute atomic E-state index is 0.258. The third kappa shape index (κ3) is 8.12. The molecular formula is C13H24N4O6. The van der Waals surface area contributed by atoms with Crippen LogP contribution in [-0.2, 0) is 19.2 Å². The third-order valence-electron chi connectivity index (χ3n) is 3.20. The summed E-state index contributed by atoms with van der Waals surface area (Å²) in [6.45, 7) is 2.11. The Labute approximate surface area is 133 Å². The van der Waals surface area contributed by atoms with Crippen molar-refractivity contribution in [2.75, 3.05) is 19.7 Å². The molecule has 0 rings (SSSR count). The number of carboxylic acid groups (broad SMARTS) is 1. The van der Waals surface area contributed by atoms with Crippen LogP contribution in [-0.4, -0.2) is 65.7 Å². The first-order chi connectivity index (χ1) is 10.7. The lowest BCUT2D eigenvalue weighted by Gasteiger charge is -2.20. The van der Waals surface area contributed by atoms with Gasteiger partial charge in [-0.15, -0.1) is 0 Å². The van der Waals surface area contributed by atoms with Gasteiger partial charge in [0.05, 0.1) is 19.7 Å². The van der Waals surface area contributed by atoms with E-state index in [1.165, 1.54) is 0 Å². The predicted molar refractivity (Wildman–Crippen MR) is 80.1 cm³/mol. The summed E-state index contributed by atoms with van der Waals surface area (Å²) >= 11 is 0. The number of rotatable bonds is 10. The molecule has 23 heavy (non-hydrogen) atoms. The van der Waals surface area contributed by atoms with Gasteiger partial charge in [0.2, 0.25) is 17.7 Å². The minimum atomic E-state index is -1.15. The summed E-state index contributed by atoms with van der Waals surface area (Å²) in [7, 11) is 0. The number of aliphatic hydroxyl groups excluding tert-OH is 1. The molecule has 3 amide bonds. The van der Waals surface area contributed by atoms with Crippen molar-refractivity contribution in [2.24, 2.45) is 11.7 Å². The Morgan fingerprint density at radius 2 is 1.65 bits per heavy atom. The van der Waals surface area contributed by atoms with E-state index >= 15 is 0 Å². The number of hydrogen-bond donors (Lipinski definition) is 6. The van der Waals surface area contributed by atoms with Crippen LogP contribution in [0.25, 0.3) is 0 Å². The lowest BCUT2D eigenvalue weighted by atomic mass is 9.99. The maximum absolute atomic E-state index is 11.6. The molecule has 0 spiro atoms. The first-order valence-electron chi connectivity index (χ1n) is 7.15. The van der Waals surface area contributed by atoms with Crippen molar-refractivity contribution < 1.29 is 29.4 Å². The highest BCUT2D eigenvalue weighted by Gasteiger charge is 2.25. The Bertz CT molecular complexity index is 442. The van der Waals surface area contributed by atoms with Crippen LogP contribution in [0.4, 0.5) is 0 Å². The van der Waals surface area contributed by atoms with Crippen LogP contribution in [0, 0.1) is 5.92 Å². The van der Waals surface area contributed by atoms with Crippen molar-refractivity contribution in [3.63, 3.8) is 0 Å². The Morgan fingerprint density at radius 3 is 2.13 bits per heavy atom. The van der Waals surface area contributed by atoms with E-state index in [0.29, 0.717) is 6.42 Å². The van der Waals surface area contributed by atoms with Crippen LogP contribution in [0.2, 0.25) is 0 Å². The monoisotopic (exact) mass is 332 g/mol. The Hall–Kier alpha value is -2.20. The van der Waals surface area contributed by atoms with E-state index in [2.05, 4.69) is 16.0 Å². The summed E-state index contributed by atoms with van der Waals surface area (Å²) in [6.07, 6.45) is 0.570. The number of nitrogens with one attached hydrogen (secondary N) is 3. The molecule has 0 aliphatic rings. The molecular weight excluding hydrogens is 308 g/mol. The van der Waals surface area contributed by atoms with E-state index in [9.17, 15) is 19.2 Å². The van der Waals surface area contributed by atoms with E-state index in [0.717, 1.165) is 0 Å². The second-order valence-electron chi connectivity index (χ2n) is 5.05. The summed E-state index contributed by atoms with van der Waals surface area (Å²) < 4.78 is 0. The molecule has 0 saturated carbocycles. The molecule has 0 aromatic carbocycles. The van der Waals surface area contributed by atoms with Crippen LogP contribution in [0.5, 0.6) is 0 Å². The predicted octanol–water partition coefficient (Wildman–Crippen LogP) is -2.85. The van der Waals surface area contributed by atoms with Gasteiger partial charge in [-0.05, 0) is 5.92 Å². The normalized spacial score (nSPS) is 14.3. The highest BCUT2D eigenvalue weighted by molar-refractivity contribution is 5.90. The van der Waals surface area contributed by atoms with E-state index in [1.807, 2.05) is 0 Å². The number of carboxylic acids is 1. The van der Waals surface area contributed by atoms with E-state index in [-0.39, 0.29) is 5.92 Å². The average molecular weight is 332 g/mol. The lowest BCUT2D eigenvalue weighted by Crippen LogP contribution is -2.50. The van der Waals surface area contributed by atoms with Crippen LogP contribution in [0.1, 0.15) is 20.3 Å².